The number of nitrogens with one attached hydrogen (secondary N) is 1. The fourth-order valence-electron chi connectivity index (χ4n) is 2.16. The molecule has 0 aliphatic heterocycles. The topological polar surface area (TPSA) is 42.0 Å². The van der Waals surface area contributed by atoms with Crippen LogP contribution in [0.3, 0.4) is 0 Å². The number of rotatable bonds is 5. The normalized spacial score (nSPS) is 10.6. The van der Waals surface area contributed by atoms with Crippen molar-refractivity contribution >= 4 is 34.1 Å². The van der Waals surface area contributed by atoms with Gasteiger partial charge >= 0.3 is 0 Å². The van der Waals surface area contributed by atoms with Crippen LogP contribution in [0, 0.1) is 13.8 Å². The van der Waals surface area contributed by atoms with Gasteiger partial charge in [0.1, 0.15) is 0 Å². The highest BCUT2D eigenvalue weighted by molar-refractivity contribution is 7.98. The molecule has 0 spiro atoms. The number of anilines is 1. The van der Waals surface area contributed by atoms with E-state index in [1.54, 1.807) is 11.8 Å². The summed E-state index contributed by atoms with van der Waals surface area (Å²) >= 11 is 3.20. The first-order valence-corrected chi connectivity index (χ1v) is 9.49. The predicted octanol–water partition coefficient (Wildman–Crippen LogP) is 5.30. The maximum atomic E-state index is 12.3. The second-order valence-electron chi connectivity index (χ2n) is 5.50. The van der Waals surface area contributed by atoms with Gasteiger partial charge in [-0.2, -0.15) is 0 Å². The Kier molecular flexibility index (Phi) is 5.33. The molecule has 0 radical (unpaired) electrons. The molecule has 1 heterocycles. The molecule has 1 amide bonds. The number of amides is 1. The van der Waals surface area contributed by atoms with E-state index in [9.17, 15) is 4.79 Å². The van der Waals surface area contributed by atoms with E-state index in [1.165, 1.54) is 21.8 Å². The van der Waals surface area contributed by atoms with Crippen molar-refractivity contribution in [2.24, 2.45) is 0 Å². The lowest BCUT2D eigenvalue weighted by Gasteiger charge is -2.05. The molecular weight excluding hydrogens is 336 g/mol. The number of nitrogens with zero attached hydrogens (tertiary/aromatic N) is 1. The van der Waals surface area contributed by atoms with Crippen LogP contribution in [-0.4, -0.2) is 10.9 Å². The summed E-state index contributed by atoms with van der Waals surface area (Å²) in [4.78, 5) is 18.0. The van der Waals surface area contributed by atoms with E-state index in [-0.39, 0.29) is 5.91 Å². The minimum absolute atomic E-state index is 0.116. The van der Waals surface area contributed by atoms with Crippen LogP contribution < -0.4 is 5.32 Å². The summed E-state index contributed by atoms with van der Waals surface area (Å²) in [6, 6.07) is 15.9. The van der Waals surface area contributed by atoms with E-state index >= 15 is 0 Å². The molecule has 0 saturated carbocycles. The number of thioether (sulfide) groups is 1. The average Bonchev–Trinajstić information content (AvgIpc) is 3.04. The fraction of sp³-hybridized carbons (Fsp3) is 0.158. The van der Waals surface area contributed by atoms with Crippen LogP contribution >= 0.6 is 23.1 Å². The van der Waals surface area contributed by atoms with E-state index in [1.807, 2.05) is 55.6 Å². The van der Waals surface area contributed by atoms with Crippen molar-refractivity contribution in [1.29, 1.82) is 0 Å². The number of thiazole rings is 1. The molecule has 122 valence electrons. The summed E-state index contributed by atoms with van der Waals surface area (Å²) in [5, 5.41) is 5.52. The zero-order valence-electron chi connectivity index (χ0n) is 13.6. The van der Waals surface area contributed by atoms with Crippen molar-refractivity contribution < 1.29 is 4.79 Å². The Labute approximate surface area is 150 Å². The number of hydrogen-bond acceptors (Lipinski definition) is 4. The van der Waals surface area contributed by atoms with Gasteiger partial charge in [0.2, 0.25) is 0 Å². The quantitative estimate of drug-likeness (QED) is 0.632. The van der Waals surface area contributed by atoms with Crippen LogP contribution in [0.25, 0.3) is 0 Å². The third kappa shape index (κ3) is 4.24. The van der Waals surface area contributed by atoms with E-state index in [0.717, 1.165) is 17.0 Å². The zero-order valence-corrected chi connectivity index (χ0v) is 15.2. The molecule has 0 fully saturated rings. The van der Waals surface area contributed by atoms with Gasteiger partial charge in [-0.3, -0.25) is 10.1 Å². The molecule has 0 bridgehead atoms. The van der Waals surface area contributed by atoms with Crippen molar-refractivity contribution in [3.63, 3.8) is 0 Å². The van der Waals surface area contributed by atoms with Crippen molar-refractivity contribution in [2.75, 3.05) is 5.32 Å². The van der Waals surface area contributed by atoms with Crippen LogP contribution in [0.4, 0.5) is 5.13 Å². The van der Waals surface area contributed by atoms with Gasteiger partial charge in [-0.1, -0.05) is 24.3 Å². The SMILES string of the molecule is Cc1ccc(C(=O)Nc2nc(CSc3ccccc3)cs2)cc1C. The average molecular weight is 355 g/mol. The molecule has 0 saturated heterocycles. The summed E-state index contributed by atoms with van der Waals surface area (Å²) in [5.74, 6) is 0.676. The van der Waals surface area contributed by atoms with Crippen LogP contribution in [-0.2, 0) is 5.75 Å². The first-order valence-electron chi connectivity index (χ1n) is 7.62. The number of hydrogen-bond donors (Lipinski definition) is 1. The van der Waals surface area contributed by atoms with Crippen LogP contribution in [0.2, 0.25) is 0 Å². The number of aromatic nitrogens is 1. The number of aryl methyl sites for hydroxylation is 2. The molecule has 1 N–H and O–H groups in total. The molecule has 24 heavy (non-hydrogen) atoms. The van der Waals surface area contributed by atoms with E-state index in [4.69, 9.17) is 0 Å². The Balaban J connectivity index is 1.61. The maximum absolute atomic E-state index is 12.3. The molecule has 3 aromatic rings. The van der Waals surface area contributed by atoms with E-state index in [2.05, 4.69) is 22.4 Å². The van der Waals surface area contributed by atoms with Crippen molar-refractivity contribution in [1.82, 2.24) is 4.98 Å². The van der Waals surface area contributed by atoms with Crippen LogP contribution in [0.15, 0.2) is 58.8 Å². The van der Waals surface area contributed by atoms with Crippen molar-refractivity contribution in [3.8, 4) is 0 Å². The van der Waals surface area contributed by atoms with Gasteiger partial charge < -0.3 is 0 Å². The number of carbonyl (C=O) groups excluding carboxylic acids is 1. The molecule has 2 aromatic carbocycles. The summed E-state index contributed by atoms with van der Waals surface area (Å²) in [5.41, 5.74) is 3.93. The first kappa shape index (κ1) is 16.7. The number of carbonyl (C=O) groups is 1. The molecule has 0 aliphatic carbocycles. The second kappa shape index (κ2) is 7.64. The maximum Gasteiger partial charge on any atom is 0.257 e. The molecular formula is C19H18N2OS2. The zero-order chi connectivity index (χ0) is 16.9. The van der Waals surface area contributed by atoms with Crippen molar-refractivity contribution in [3.05, 3.63) is 76.3 Å². The highest BCUT2D eigenvalue weighted by atomic mass is 32.2. The lowest BCUT2D eigenvalue weighted by Crippen LogP contribution is -2.12. The largest absolute Gasteiger partial charge is 0.298 e. The van der Waals surface area contributed by atoms with Gasteiger partial charge in [0.25, 0.3) is 5.91 Å². The molecule has 1 aromatic heterocycles. The monoisotopic (exact) mass is 354 g/mol. The van der Waals surface area contributed by atoms with E-state index in [0.29, 0.717) is 10.7 Å². The number of benzene rings is 2. The minimum atomic E-state index is -0.116. The summed E-state index contributed by atoms with van der Waals surface area (Å²) in [6.45, 7) is 4.04. The van der Waals surface area contributed by atoms with Gasteiger partial charge in [0.15, 0.2) is 5.13 Å². The second-order valence-corrected chi connectivity index (χ2v) is 7.41. The van der Waals surface area contributed by atoms with Crippen molar-refractivity contribution in [2.45, 2.75) is 24.5 Å². The van der Waals surface area contributed by atoms with Crippen LogP contribution in [0.1, 0.15) is 27.2 Å². The molecule has 0 unspecified atom stereocenters. The fourth-order valence-corrected chi connectivity index (χ4v) is 3.78. The van der Waals surface area contributed by atoms with Gasteiger partial charge in [-0.15, -0.1) is 23.1 Å². The van der Waals surface area contributed by atoms with Gasteiger partial charge in [-0.05, 0) is 49.2 Å². The Morgan fingerprint density at radius 2 is 1.92 bits per heavy atom. The van der Waals surface area contributed by atoms with Gasteiger partial charge in [-0.25, -0.2) is 4.98 Å². The summed E-state index contributed by atoms with van der Waals surface area (Å²) < 4.78 is 0. The lowest BCUT2D eigenvalue weighted by molar-refractivity contribution is 0.102. The Morgan fingerprint density at radius 1 is 1.12 bits per heavy atom. The Morgan fingerprint density at radius 3 is 2.67 bits per heavy atom. The van der Waals surface area contributed by atoms with Crippen LogP contribution in [0.5, 0.6) is 0 Å². The standard InChI is InChI=1S/C19H18N2OS2/c1-13-8-9-15(10-14(13)2)18(22)21-19-20-16(12-24-19)11-23-17-6-4-3-5-7-17/h3-10,12H,11H2,1-2H3,(H,20,21,22). The van der Waals surface area contributed by atoms with Gasteiger partial charge in [0, 0.05) is 21.6 Å². The smallest absolute Gasteiger partial charge is 0.257 e. The predicted molar refractivity (Wildman–Crippen MR) is 102 cm³/mol. The first-order chi connectivity index (χ1) is 11.6. The summed E-state index contributed by atoms with van der Waals surface area (Å²) in [6.07, 6.45) is 0. The molecule has 3 nitrogen and oxygen atoms in total. The van der Waals surface area contributed by atoms with E-state index < -0.39 is 0 Å². The third-order valence-corrected chi connectivity index (χ3v) is 5.52. The third-order valence-electron chi connectivity index (χ3n) is 3.67. The molecule has 0 atom stereocenters. The Bertz CT molecular complexity index is 844. The molecule has 0 aliphatic rings. The highest BCUT2D eigenvalue weighted by Crippen LogP contribution is 2.25. The Hall–Kier alpha value is -2.11. The van der Waals surface area contributed by atoms with Gasteiger partial charge in [0.05, 0.1) is 5.69 Å². The lowest BCUT2D eigenvalue weighted by atomic mass is 10.1. The highest BCUT2D eigenvalue weighted by Gasteiger charge is 2.10. The molecule has 5 heteroatoms. The summed E-state index contributed by atoms with van der Waals surface area (Å²) in [7, 11) is 0. The minimum Gasteiger partial charge on any atom is -0.298 e. The molecule has 3 rings (SSSR count).